The smallest absolute Gasteiger partial charge is 0.341 e. The number of hydrogen-bond donors (Lipinski definition) is 1. The first kappa shape index (κ1) is 20.6. The molecule has 0 radical (unpaired) electrons. The van der Waals surface area contributed by atoms with Gasteiger partial charge in [0, 0.05) is 23.3 Å². The number of allylic oxidation sites excluding steroid dienone is 1. The number of carbonyl (C=O) groups excluding carboxylic acids is 4. The van der Waals surface area contributed by atoms with Crippen LogP contribution in [0.25, 0.3) is 0 Å². The SMILES string of the molecule is CCOC(=O)C1=C(N)Oc2ccccc2[C@@]12C(=O)N(CC(=O)OC)C1=C2C(=O)CCC1. The summed E-state index contributed by atoms with van der Waals surface area (Å²) in [6.45, 7) is 1.27. The number of rotatable bonds is 4. The van der Waals surface area contributed by atoms with Crippen LogP contribution in [0, 0.1) is 0 Å². The molecule has 1 aromatic rings. The predicted octanol–water partition coefficient (Wildman–Crippen LogP) is 1.07. The molecular formula is C22H22N2O7. The third kappa shape index (κ3) is 2.83. The molecular weight excluding hydrogens is 404 g/mol. The molecule has 9 nitrogen and oxygen atoms in total. The van der Waals surface area contributed by atoms with Crippen LogP contribution >= 0.6 is 0 Å². The summed E-state index contributed by atoms with van der Waals surface area (Å²) in [4.78, 5) is 53.6. The van der Waals surface area contributed by atoms with Crippen LogP contribution in [0.4, 0.5) is 0 Å². The zero-order valence-corrected chi connectivity index (χ0v) is 17.2. The van der Waals surface area contributed by atoms with Crippen molar-refractivity contribution in [2.75, 3.05) is 20.3 Å². The van der Waals surface area contributed by atoms with Crippen LogP contribution in [0.2, 0.25) is 0 Å². The molecule has 1 amide bonds. The number of fused-ring (bicyclic) bond motifs is 3. The summed E-state index contributed by atoms with van der Waals surface area (Å²) in [5, 5.41) is 0. The van der Waals surface area contributed by atoms with Gasteiger partial charge in [0.05, 0.1) is 13.7 Å². The van der Waals surface area contributed by atoms with Crippen LogP contribution in [-0.4, -0.2) is 48.8 Å². The Balaban J connectivity index is 2.06. The number of nitrogens with two attached hydrogens (primary N) is 1. The standard InChI is InChI=1S/C22H22N2O7/c1-3-30-20(27)18-19(23)31-15-10-5-4-7-12(15)22(18)17-13(8-6-9-14(17)25)24(21(22)28)11-16(26)29-2/h4-5,7,10H,3,6,8-9,11,23H2,1-2H3/t22-/m0/s1. The van der Waals surface area contributed by atoms with E-state index >= 15 is 0 Å². The van der Waals surface area contributed by atoms with Crippen LogP contribution in [-0.2, 0) is 34.1 Å². The first-order valence-corrected chi connectivity index (χ1v) is 9.98. The first-order valence-electron chi connectivity index (χ1n) is 9.98. The fourth-order valence-electron chi connectivity index (χ4n) is 4.61. The van der Waals surface area contributed by atoms with Gasteiger partial charge in [0.1, 0.15) is 23.3 Å². The van der Waals surface area contributed by atoms with E-state index in [0.717, 1.165) is 0 Å². The molecule has 1 spiro atoms. The minimum absolute atomic E-state index is 0.0350. The largest absolute Gasteiger partial charge is 0.468 e. The van der Waals surface area contributed by atoms with Crippen molar-refractivity contribution >= 4 is 23.6 Å². The number of ether oxygens (including phenoxy) is 3. The Labute approximate surface area is 178 Å². The molecule has 31 heavy (non-hydrogen) atoms. The van der Waals surface area contributed by atoms with E-state index in [2.05, 4.69) is 0 Å². The molecule has 3 aliphatic rings. The summed E-state index contributed by atoms with van der Waals surface area (Å²) in [5.74, 6) is -2.46. The van der Waals surface area contributed by atoms with E-state index in [4.69, 9.17) is 19.9 Å². The summed E-state index contributed by atoms with van der Waals surface area (Å²) in [5.41, 5.74) is 4.92. The van der Waals surface area contributed by atoms with Gasteiger partial charge >= 0.3 is 11.9 Å². The van der Waals surface area contributed by atoms with Gasteiger partial charge in [-0.25, -0.2) is 4.79 Å². The number of benzene rings is 1. The Hall–Kier alpha value is -3.62. The van der Waals surface area contributed by atoms with Crippen molar-refractivity contribution < 1.29 is 33.4 Å². The molecule has 0 saturated heterocycles. The zero-order valence-electron chi connectivity index (χ0n) is 17.2. The van der Waals surface area contributed by atoms with E-state index in [1.807, 2.05) is 0 Å². The van der Waals surface area contributed by atoms with Crippen molar-refractivity contribution in [3.05, 3.63) is 52.6 Å². The van der Waals surface area contributed by atoms with E-state index < -0.39 is 23.3 Å². The van der Waals surface area contributed by atoms with Crippen LogP contribution in [0.3, 0.4) is 0 Å². The van der Waals surface area contributed by atoms with E-state index in [-0.39, 0.29) is 48.1 Å². The molecule has 162 valence electrons. The van der Waals surface area contributed by atoms with Gasteiger partial charge in [0.2, 0.25) is 11.8 Å². The molecule has 1 aromatic carbocycles. The fraction of sp³-hybridized carbons (Fsp3) is 0.364. The predicted molar refractivity (Wildman–Crippen MR) is 106 cm³/mol. The highest BCUT2D eigenvalue weighted by atomic mass is 16.5. The Morgan fingerprint density at radius 3 is 2.68 bits per heavy atom. The number of methoxy groups -OCH3 is 1. The zero-order chi connectivity index (χ0) is 22.3. The molecule has 2 heterocycles. The Bertz CT molecular complexity index is 1070. The monoisotopic (exact) mass is 426 g/mol. The Morgan fingerprint density at radius 1 is 1.23 bits per heavy atom. The second kappa shape index (κ2) is 7.57. The molecule has 0 unspecified atom stereocenters. The second-order valence-corrected chi connectivity index (χ2v) is 7.37. The van der Waals surface area contributed by atoms with Gasteiger partial charge in [-0.3, -0.25) is 14.4 Å². The van der Waals surface area contributed by atoms with Crippen molar-refractivity contribution in [3.8, 4) is 5.75 Å². The van der Waals surface area contributed by atoms with E-state index in [1.165, 1.54) is 12.0 Å². The number of Topliss-reactive ketones (excluding diaryl/α,β-unsaturated/α-hetero) is 1. The van der Waals surface area contributed by atoms with Gasteiger partial charge in [0.15, 0.2) is 5.78 Å². The third-order valence-electron chi connectivity index (χ3n) is 5.78. The molecule has 0 aromatic heterocycles. The average molecular weight is 426 g/mol. The number of esters is 2. The summed E-state index contributed by atoms with van der Waals surface area (Å²) in [6, 6.07) is 6.60. The van der Waals surface area contributed by atoms with Gasteiger partial charge in [-0.05, 0) is 25.8 Å². The fourth-order valence-corrected chi connectivity index (χ4v) is 4.61. The number of hydrogen-bond acceptors (Lipinski definition) is 8. The Kier molecular flexibility index (Phi) is 5.04. The van der Waals surface area contributed by atoms with Crippen molar-refractivity contribution in [1.82, 2.24) is 4.90 Å². The number of amides is 1. The Morgan fingerprint density at radius 2 is 1.97 bits per heavy atom. The van der Waals surface area contributed by atoms with E-state index in [1.54, 1.807) is 31.2 Å². The number of para-hydroxylation sites is 1. The van der Waals surface area contributed by atoms with Crippen molar-refractivity contribution in [2.24, 2.45) is 5.73 Å². The molecule has 0 saturated carbocycles. The molecule has 0 bridgehead atoms. The lowest BCUT2D eigenvalue weighted by Gasteiger charge is -2.37. The third-order valence-corrected chi connectivity index (χ3v) is 5.78. The minimum Gasteiger partial charge on any atom is -0.468 e. The molecule has 0 fully saturated rings. The lowest BCUT2D eigenvalue weighted by molar-refractivity contribution is -0.147. The van der Waals surface area contributed by atoms with Crippen LogP contribution in [0.5, 0.6) is 5.75 Å². The first-order chi connectivity index (χ1) is 14.9. The molecule has 2 N–H and O–H groups in total. The van der Waals surface area contributed by atoms with E-state index in [9.17, 15) is 19.2 Å². The normalized spacial score (nSPS) is 22.3. The number of nitrogens with zero attached hydrogens (tertiary/aromatic N) is 1. The van der Waals surface area contributed by atoms with Crippen molar-refractivity contribution in [3.63, 3.8) is 0 Å². The van der Waals surface area contributed by atoms with Gasteiger partial charge < -0.3 is 24.8 Å². The van der Waals surface area contributed by atoms with Gasteiger partial charge in [-0.2, -0.15) is 0 Å². The summed E-state index contributed by atoms with van der Waals surface area (Å²) in [6.07, 6.45) is 1.12. The molecule has 1 aliphatic carbocycles. The van der Waals surface area contributed by atoms with Crippen LogP contribution in [0.1, 0.15) is 31.7 Å². The summed E-state index contributed by atoms with van der Waals surface area (Å²) >= 11 is 0. The van der Waals surface area contributed by atoms with Crippen molar-refractivity contribution in [1.29, 1.82) is 0 Å². The van der Waals surface area contributed by atoms with Gasteiger partial charge in [-0.1, -0.05) is 18.2 Å². The highest BCUT2D eigenvalue weighted by Gasteiger charge is 2.64. The maximum absolute atomic E-state index is 14.0. The van der Waals surface area contributed by atoms with Gasteiger partial charge in [-0.15, -0.1) is 0 Å². The maximum atomic E-state index is 14.0. The van der Waals surface area contributed by atoms with Gasteiger partial charge in [0.25, 0.3) is 0 Å². The summed E-state index contributed by atoms with van der Waals surface area (Å²) < 4.78 is 15.6. The molecule has 4 rings (SSSR count). The average Bonchev–Trinajstić information content (AvgIpc) is 2.98. The second-order valence-electron chi connectivity index (χ2n) is 7.37. The van der Waals surface area contributed by atoms with Crippen LogP contribution in [0.15, 0.2) is 47.0 Å². The maximum Gasteiger partial charge on any atom is 0.341 e. The molecule has 2 aliphatic heterocycles. The van der Waals surface area contributed by atoms with Crippen molar-refractivity contribution in [2.45, 2.75) is 31.6 Å². The lowest BCUT2D eigenvalue weighted by Crippen LogP contribution is -2.50. The minimum atomic E-state index is -1.84. The topological polar surface area (TPSA) is 125 Å². The lowest BCUT2D eigenvalue weighted by atomic mass is 9.65. The highest BCUT2D eigenvalue weighted by Crippen LogP contribution is 2.56. The van der Waals surface area contributed by atoms with E-state index in [0.29, 0.717) is 24.1 Å². The quantitative estimate of drug-likeness (QED) is 0.709. The molecule has 9 heteroatoms. The molecule has 1 atom stereocenters. The number of ketones is 1. The highest BCUT2D eigenvalue weighted by molar-refractivity contribution is 6.19. The summed E-state index contributed by atoms with van der Waals surface area (Å²) in [7, 11) is 1.21. The van der Waals surface area contributed by atoms with Crippen LogP contribution < -0.4 is 10.5 Å². The number of carbonyl (C=O) groups is 4.